The highest BCUT2D eigenvalue weighted by molar-refractivity contribution is 7.91. The monoisotopic (exact) mass is 482 g/mol. The van der Waals surface area contributed by atoms with Crippen LogP contribution in [0.4, 0.5) is 11.6 Å². The summed E-state index contributed by atoms with van der Waals surface area (Å²) in [6.07, 6.45) is 1.73. The second-order valence-corrected chi connectivity index (χ2v) is 9.79. The molecule has 0 aliphatic carbocycles. The quantitative estimate of drug-likeness (QED) is 0.363. The van der Waals surface area contributed by atoms with Crippen molar-refractivity contribution in [3.05, 3.63) is 96.4 Å². The molecule has 5 rings (SSSR count). The number of aromatic nitrogens is 4. The molecule has 35 heavy (non-hydrogen) atoms. The van der Waals surface area contributed by atoms with Gasteiger partial charge in [-0.1, -0.05) is 48.5 Å². The van der Waals surface area contributed by atoms with E-state index in [0.29, 0.717) is 17.1 Å². The van der Waals surface area contributed by atoms with E-state index in [4.69, 9.17) is 5.73 Å². The number of anilines is 2. The molecule has 0 bridgehead atoms. The molecule has 0 atom stereocenters. The zero-order valence-corrected chi connectivity index (χ0v) is 19.7. The lowest BCUT2D eigenvalue weighted by Crippen LogP contribution is -2.19. The first-order chi connectivity index (χ1) is 16.9. The van der Waals surface area contributed by atoms with Gasteiger partial charge < -0.3 is 5.73 Å². The summed E-state index contributed by atoms with van der Waals surface area (Å²) in [5, 5.41) is 0.926. The highest BCUT2D eigenvalue weighted by Gasteiger charge is 2.20. The summed E-state index contributed by atoms with van der Waals surface area (Å²) in [6.45, 7) is 1.81. The molecule has 9 heteroatoms. The van der Waals surface area contributed by atoms with Crippen LogP contribution in [0.1, 0.15) is 11.4 Å². The summed E-state index contributed by atoms with van der Waals surface area (Å²) in [5.74, 6) is -0.359. The molecule has 2 aromatic carbocycles. The molecule has 174 valence electrons. The van der Waals surface area contributed by atoms with Gasteiger partial charge in [-0.15, -0.1) is 0 Å². The third-order valence-electron chi connectivity index (χ3n) is 5.38. The van der Waals surface area contributed by atoms with Crippen LogP contribution in [0.15, 0.2) is 85.1 Å². The van der Waals surface area contributed by atoms with E-state index < -0.39 is 10.0 Å². The van der Waals surface area contributed by atoms with Crippen LogP contribution in [0.25, 0.3) is 33.4 Å². The number of hydrogen-bond donors (Lipinski definition) is 2. The second kappa shape index (κ2) is 9.11. The van der Waals surface area contributed by atoms with E-state index in [2.05, 4.69) is 24.7 Å². The lowest BCUT2D eigenvalue weighted by atomic mass is 10.0. The number of nitrogens with two attached hydrogens (primary N) is 1. The number of hydrogen-bond acceptors (Lipinski definition) is 7. The van der Waals surface area contributed by atoms with Crippen molar-refractivity contribution in [2.24, 2.45) is 0 Å². The van der Waals surface area contributed by atoms with Crippen LogP contribution in [0, 0.1) is 6.92 Å². The fraction of sp³-hybridized carbons (Fsp3) is 0.0769. The normalized spacial score (nSPS) is 11.5. The minimum Gasteiger partial charge on any atom is -0.381 e. The van der Waals surface area contributed by atoms with Crippen LogP contribution >= 0.6 is 0 Å². The molecule has 8 nitrogen and oxygen atoms in total. The number of nitrogens with one attached hydrogen (secondary N) is 1. The van der Waals surface area contributed by atoms with E-state index in [1.165, 1.54) is 0 Å². The van der Waals surface area contributed by atoms with E-state index in [0.717, 1.165) is 27.7 Å². The Morgan fingerprint density at radius 1 is 0.829 bits per heavy atom. The average Bonchev–Trinajstić information content (AvgIpc) is 2.85. The maximum Gasteiger partial charge on any atom is 0.239 e. The Morgan fingerprint density at radius 2 is 1.63 bits per heavy atom. The van der Waals surface area contributed by atoms with Crippen LogP contribution in [-0.2, 0) is 15.8 Å². The topological polar surface area (TPSA) is 124 Å². The minimum atomic E-state index is -3.84. The Labute approximate surface area is 203 Å². The van der Waals surface area contributed by atoms with Gasteiger partial charge in [0, 0.05) is 28.4 Å². The molecular weight excluding hydrogens is 460 g/mol. The van der Waals surface area contributed by atoms with Gasteiger partial charge in [0.25, 0.3) is 0 Å². The maximum atomic E-state index is 12.9. The molecule has 0 aliphatic rings. The zero-order valence-electron chi connectivity index (χ0n) is 18.9. The highest BCUT2D eigenvalue weighted by Crippen LogP contribution is 2.33. The van der Waals surface area contributed by atoms with E-state index in [9.17, 15) is 8.42 Å². The molecule has 3 N–H and O–H groups in total. The summed E-state index contributed by atoms with van der Waals surface area (Å²) in [7, 11) is -3.84. The lowest BCUT2D eigenvalue weighted by Gasteiger charge is -2.15. The Kier molecular flexibility index (Phi) is 5.84. The maximum absolute atomic E-state index is 12.9. The van der Waals surface area contributed by atoms with Crippen LogP contribution in [0.3, 0.4) is 0 Å². The zero-order chi connectivity index (χ0) is 24.4. The largest absolute Gasteiger partial charge is 0.381 e. The number of aryl methyl sites for hydroxylation is 1. The Bertz CT molecular complexity index is 1640. The number of fused-ring (bicyclic) bond motifs is 1. The van der Waals surface area contributed by atoms with Crippen molar-refractivity contribution in [2.75, 3.05) is 10.5 Å². The fourth-order valence-electron chi connectivity index (χ4n) is 3.80. The Hall–Kier alpha value is -4.37. The van der Waals surface area contributed by atoms with Gasteiger partial charge in [0.05, 0.1) is 22.6 Å². The predicted octanol–water partition coefficient (Wildman–Crippen LogP) is 4.59. The molecular formula is C26H22N6O2S. The molecule has 0 spiro atoms. The van der Waals surface area contributed by atoms with Crippen molar-refractivity contribution in [3.8, 4) is 22.5 Å². The number of nitrogen functional groups attached to an aromatic ring is 1. The fourth-order valence-corrected chi connectivity index (χ4v) is 4.87. The molecule has 5 aromatic rings. The van der Waals surface area contributed by atoms with Gasteiger partial charge in [-0.05, 0) is 37.3 Å². The highest BCUT2D eigenvalue weighted by atomic mass is 32.2. The first-order valence-corrected chi connectivity index (χ1v) is 12.5. The first kappa shape index (κ1) is 22.4. The molecule has 0 aliphatic heterocycles. The van der Waals surface area contributed by atoms with Crippen molar-refractivity contribution < 1.29 is 8.42 Å². The van der Waals surface area contributed by atoms with Crippen molar-refractivity contribution in [2.45, 2.75) is 12.7 Å². The van der Waals surface area contributed by atoms with Gasteiger partial charge in [-0.3, -0.25) is 14.7 Å². The van der Waals surface area contributed by atoms with Gasteiger partial charge >= 0.3 is 0 Å². The smallest absolute Gasteiger partial charge is 0.239 e. The molecule has 0 unspecified atom stereocenters. The molecule has 3 heterocycles. The van der Waals surface area contributed by atoms with Gasteiger partial charge in [0.1, 0.15) is 5.75 Å². The van der Waals surface area contributed by atoms with Crippen LogP contribution in [-0.4, -0.2) is 28.4 Å². The Morgan fingerprint density at radius 3 is 2.43 bits per heavy atom. The third kappa shape index (κ3) is 4.95. The number of rotatable bonds is 6. The van der Waals surface area contributed by atoms with Gasteiger partial charge in [0.2, 0.25) is 10.0 Å². The number of benzene rings is 2. The first-order valence-electron chi connectivity index (χ1n) is 10.9. The summed E-state index contributed by atoms with van der Waals surface area (Å²) >= 11 is 0. The number of sulfonamides is 1. The standard InChI is InChI=1S/C26H22N6O2S/c1-17-7-5-11-21(29-17)16-35(33,34)32-26-25(27)30-23(18-8-3-2-4-9-18)24(31-26)20-12-13-22-19(15-20)10-6-14-28-22/h2-15H,16H2,1H3,(H2,27,30)(H,31,32). The Balaban J connectivity index is 1.60. The van der Waals surface area contributed by atoms with Crippen LogP contribution < -0.4 is 10.5 Å². The van der Waals surface area contributed by atoms with E-state index in [-0.39, 0.29) is 17.4 Å². The van der Waals surface area contributed by atoms with Crippen molar-refractivity contribution in [1.82, 2.24) is 19.9 Å². The summed E-state index contributed by atoms with van der Waals surface area (Å²) in [5.41, 5.74) is 10.8. The van der Waals surface area contributed by atoms with Crippen LogP contribution in [0.5, 0.6) is 0 Å². The summed E-state index contributed by atoms with van der Waals surface area (Å²) < 4.78 is 28.4. The summed E-state index contributed by atoms with van der Waals surface area (Å²) in [6, 6.07) is 24.3. The van der Waals surface area contributed by atoms with Gasteiger partial charge in [-0.2, -0.15) is 0 Å². The third-order valence-corrected chi connectivity index (χ3v) is 6.56. The predicted molar refractivity (Wildman–Crippen MR) is 138 cm³/mol. The van der Waals surface area contributed by atoms with E-state index >= 15 is 0 Å². The lowest BCUT2D eigenvalue weighted by molar-refractivity contribution is 0.599. The van der Waals surface area contributed by atoms with E-state index in [1.807, 2.05) is 60.7 Å². The van der Waals surface area contributed by atoms with Crippen molar-refractivity contribution in [1.29, 1.82) is 0 Å². The second-order valence-electron chi connectivity index (χ2n) is 8.06. The van der Waals surface area contributed by atoms with Gasteiger partial charge in [-0.25, -0.2) is 18.4 Å². The molecule has 0 fully saturated rings. The molecule has 3 aromatic heterocycles. The van der Waals surface area contributed by atoms with Crippen LogP contribution in [0.2, 0.25) is 0 Å². The van der Waals surface area contributed by atoms with Gasteiger partial charge in [0.15, 0.2) is 11.6 Å². The van der Waals surface area contributed by atoms with Crippen molar-refractivity contribution in [3.63, 3.8) is 0 Å². The molecule has 0 saturated carbocycles. The summed E-state index contributed by atoms with van der Waals surface area (Å²) in [4.78, 5) is 17.9. The van der Waals surface area contributed by atoms with Crippen molar-refractivity contribution >= 4 is 32.6 Å². The molecule has 0 amide bonds. The number of nitrogens with zero attached hydrogens (tertiary/aromatic N) is 4. The number of pyridine rings is 2. The SMILES string of the molecule is Cc1cccc(CS(=O)(=O)Nc2nc(-c3ccc4ncccc4c3)c(-c3ccccc3)nc2N)n1. The van der Waals surface area contributed by atoms with E-state index in [1.54, 1.807) is 31.3 Å². The molecule has 0 saturated heterocycles. The minimum absolute atomic E-state index is 0.0177. The molecule has 0 radical (unpaired) electrons. The average molecular weight is 483 g/mol.